The summed E-state index contributed by atoms with van der Waals surface area (Å²) in [6, 6.07) is 0. The third-order valence-electron chi connectivity index (χ3n) is 6.59. The van der Waals surface area contributed by atoms with Crippen molar-refractivity contribution in [1.29, 1.82) is 0 Å². The second-order valence-electron chi connectivity index (χ2n) is 11.4. The van der Waals surface area contributed by atoms with E-state index >= 15 is 0 Å². The number of alkyl halides is 1. The van der Waals surface area contributed by atoms with Crippen molar-refractivity contribution < 1.29 is 8.85 Å². The van der Waals surface area contributed by atoms with Gasteiger partial charge in [-0.15, -0.1) is 0 Å². The lowest BCUT2D eigenvalue weighted by molar-refractivity contribution is 0.0624. The van der Waals surface area contributed by atoms with Gasteiger partial charge in [-0.2, -0.15) is 0 Å². The van der Waals surface area contributed by atoms with Crippen LogP contribution in [0.15, 0.2) is 11.6 Å². The average molecular weight is 527 g/mol. The molecule has 0 aromatic heterocycles. The van der Waals surface area contributed by atoms with E-state index in [-0.39, 0.29) is 16.2 Å². The largest absolute Gasteiger partial charge is 0.416 e. The average Bonchev–Trinajstić information content (AvgIpc) is 2.47. The second-order valence-corrected chi connectivity index (χ2v) is 21.7. The van der Waals surface area contributed by atoms with Gasteiger partial charge in [0.1, 0.15) is 0 Å². The van der Waals surface area contributed by atoms with Gasteiger partial charge in [0.15, 0.2) is 16.6 Å². The molecule has 0 aliphatic heterocycles. The van der Waals surface area contributed by atoms with E-state index in [0.717, 1.165) is 11.0 Å². The highest BCUT2D eigenvalue weighted by Crippen LogP contribution is 2.40. The van der Waals surface area contributed by atoms with Crippen LogP contribution in [0.1, 0.15) is 62.3 Å². The van der Waals surface area contributed by atoms with Crippen molar-refractivity contribution in [1.82, 2.24) is 0 Å². The molecular formula is C22H47IO2Si2. The first-order chi connectivity index (χ1) is 11.9. The summed E-state index contributed by atoms with van der Waals surface area (Å²) in [5.74, 6) is 0.772. The Balaban J connectivity index is 5.52. The van der Waals surface area contributed by atoms with Gasteiger partial charge in [-0.1, -0.05) is 89.6 Å². The zero-order chi connectivity index (χ0) is 21.8. The quantitative estimate of drug-likeness (QED) is 0.131. The molecule has 0 radical (unpaired) electrons. The third kappa shape index (κ3) is 8.61. The highest BCUT2D eigenvalue weighted by Gasteiger charge is 2.42. The van der Waals surface area contributed by atoms with E-state index < -0.39 is 16.6 Å². The number of halogens is 1. The number of allylic oxidation sites excluding steroid dienone is 1. The van der Waals surface area contributed by atoms with Gasteiger partial charge in [0.25, 0.3) is 0 Å². The Morgan fingerprint density at radius 3 is 1.74 bits per heavy atom. The maximum atomic E-state index is 6.95. The molecule has 0 rings (SSSR count). The number of hydrogen-bond acceptors (Lipinski definition) is 2. The maximum Gasteiger partial charge on any atom is 0.192 e. The molecule has 5 heteroatoms. The van der Waals surface area contributed by atoms with Crippen LogP contribution in [-0.2, 0) is 8.85 Å². The Labute approximate surface area is 186 Å². The van der Waals surface area contributed by atoms with Gasteiger partial charge < -0.3 is 8.85 Å². The zero-order valence-electron chi connectivity index (χ0n) is 20.4. The van der Waals surface area contributed by atoms with Crippen LogP contribution < -0.4 is 0 Å². The van der Waals surface area contributed by atoms with E-state index in [1.165, 1.54) is 5.57 Å². The second kappa shape index (κ2) is 10.2. The molecule has 0 aromatic carbocycles. The predicted molar refractivity (Wildman–Crippen MR) is 136 cm³/mol. The van der Waals surface area contributed by atoms with Crippen molar-refractivity contribution in [2.45, 2.75) is 105 Å². The lowest BCUT2D eigenvalue weighted by atomic mass is 9.93. The summed E-state index contributed by atoms with van der Waals surface area (Å²) in [6.07, 6.45) is 2.61. The molecule has 0 saturated carbocycles. The van der Waals surface area contributed by atoms with E-state index in [1.807, 2.05) is 0 Å². The van der Waals surface area contributed by atoms with Crippen LogP contribution in [0.5, 0.6) is 0 Å². The first-order valence-corrected chi connectivity index (χ1v) is 17.7. The lowest BCUT2D eigenvalue weighted by Crippen LogP contribution is -2.49. The number of rotatable bonds is 9. The molecule has 0 saturated heterocycles. The van der Waals surface area contributed by atoms with Gasteiger partial charge in [0.05, 0.1) is 6.10 Å². The van der Waals surface area contributed by atoms with Gasteiger partial charge >= 0.3 is 0 Å². The minimum absolute atomic E-state index is 0.202. The molecule has 0 spiro atoms. The topological polar surface area (TPSA) is 18.5 Å². The summed E-state index contributed by atoms with van der Waals surface area (Å²) in [7, 11) is -3.58. The molecule has 0 heterocycles. The molecule has 0 aliphatic rings. The monoisotopic (exact) mass is 526 g/mol. The Hall–Kier alpha value is 0.824. The molecule has 162 valence electrons. The Morgan fingerprint density at radius 1 is 0.926 bits per heavy atom. The van der Waals surface area contributed by atoms with Crippen LogP contribution in [0.25, 0.3) is 0 Å². The van der Waals surface area contributed by atoms with Crippen LogP contribution in [0.2, 0.25) is 36.3 Å². The Morgan fingerprint density at radius 2 is 1.37 bits per heavy atom. The van der Waals surface area contributed by atoms with Crippen molar-refractivity contribution in [2.24, 2.45) is 11.8 Å². The van der Waals surface area contributed by atoms with Crippen molar-refractivity contribution in [3.63, 3.8) is 0 Å². The Kier molecular flexibility index (Phi) is 10.5. The van der Waals surface area contributed by atoms with Crippen LogP contribution in [0.4, 0.5) is 0 Å². The summed E-state index contributed by atoms with van der Waals surface area (Å²) in [5.41, 5.74) is 1.43. The molecule has 0 aromatic rings. The van der Waals surface area contributed by atoms with E-state index in [1.54, 1.807) is 0 Å². The third-order valence-corrected chi connectivity index (χ3v) is 16.8. The molecule has 0 N–H and O–H groups in total. The minimum atomic E-state index is -1.84. The van der Waals surface area contributed by atoms with Gasteiger partial charge in [-0.3, -0.25) is 0 Å². The molecular weight excluding hydrogens is 479 g/mol. The summed E-state index contributed by atoms with van der Waals surface area (Å²) in [5, 5.41) is 0.457. The molecule has 0 aliphatic carbocycles. The molecule has 0 bridgehead atoms. The van der Waals surface area contributed by atoms with Gasteiger partial charge in [0, 0.05) is 17.0 Å². The zero-order valence-corrected chi connectivity index (χ0v) is 24.6. The standard InChI is InChI=1S/C22H47IO2Si2/c1-17(15-23)14-18(2)20(25-27(12,13)22(7,8)9)19(3)16-24-26(10,11)21(4,5)6/h14,18-20H,15-16H2,1-13H3/b17-14+/t18-,19-,20+/m0/s1. The fourth-order valence-corrected chi connectivity index (χ4v) is 5.35. The van der Waals surface area contributed by atoms with E-state index in [4.69, 9.17) is 8.85 Å². The minimum Gasteiger partial charge on any atom is -0.416 e. The van der Waals surface area contributed by atoms with Crippen LogP contribution in [0, 0.1) is 11.8 Å². The fraction of sp³-hybridized carbons (Fsp3) is 0.909. The summed E-state index contributed by atoms with van der Waals surface area (Å²) < 4.78 is 14.6. The molecule has 0 amide bonds. The maximum absolute atomic E-state index is 6.95. The van der Waals surface area contributed by atoms with E-state index in [0.29, 0.717) is 11.8 Å². The molecule has 2 nitrogen and oxygen atoms in total. The highest BCUT2D eigenvalue weighted by atomic mass is 127. The van der Waals surface area contributed by atoms with Gasteiger partial charge in [-0.05, 0) is 49.1 Å². The molecule has 27 heavy (non-hydrogen) atoms. The van der Waals surface area contributed by atoms with Crippen molar-refractivity contribution in [2.75, 3.05) is 11.0 Å². The molecule has 0 fully saturated rings. The van der Waals surface area contributed by atoms with Crippen molar-refractivity contribution in [3.05, 3.63) is 11.6 Å². The SMILES string of the molecule is C/C(=C\[C@H](C)[C@@H](O[Si](C)(C)C(C)(C)C)[C@@H](C)CO[Si](C)(C)C(C)(C)C)CI. The summed E-state index contributed by atoms with van der Waals surface area (Å²) >= 11 is 2.44. The van der Waals surface area contributed by atoms with E-state index in [9.17, 15) is 0 Å². The number of hydrogen-bond donors (Lipinski definition) is 0. The molecule has 3 atom stereocenters. The predicted octanol–water partition coefficient (Wildman–Crippen LogP) is 8.05. The normalized spacial score (nSPS) is 18.4. The van der Waals surface area contributed by atoms with E-state index in [2.05, 4.69) is 117 Å². The summed E-state index contributed by atoms with van der Waals surface area (Å²) in [6.45, 7) is 30.9. The van der Waals surface area contributed by atoms with Crippen LogP contribution in [-0.4, -0.2) is 33.8 Å². The molecule has 0 unspecified atom stereocenters. The smallest absolute Gasteiger partial charge is 0.192 e. The van der Waals surface area contributed by atoms with Crippen molar-refractivity contribution >= 4 is 39.2 Å². The van der Waals surface area contributed by atoms with Crippen LogP contribution in [0.3, 0.4) is 0 Å². The van der Waals surface area contributed by atoms with Crippen molar-refractivity contribution in [3.8, 4) is 0 Å². The fourth-order valence-electron chi connectivity index (χ4n) is 2.50. The lowest BCUT2D eigenvalue weighted by Gasteiger charge is -2.43. The van der Waals surface area contributed by atoms with Gasteiger partial charge in [0.2, 0.25) is 0 Å². The summed E-state index contributed by atoms with van der Waals surface area (Å²) in [4.78, 5) is 0. The highest BCUT2D eigenvalue weighted by molar-refractivity contribution is 14.1. The van der Waals surface area contributed by atoms with Gasteiger partial charge in [-0.25, -0.2) is 0 Å². The first kappa shape index (κ1) is 27.8. The van der Waals surface area contributed by atoms with Crippen LogP contribution >= 0.6 is 22.6 Å². The first-order valence-electron chi connectivity index (χ1n) is 10.4. The Bertz CT molecular complexity index is 488.